The molecule has 0 radical (unpaired) electrons. The number of fused-ring (bicyclic) bond motifs is 1. The second-order valence-electron chi connectivity index (χ2n) is 10.7. The van der Waals surface area contributed by atoms with E-state index in [4.69, 9.17) is 4.42 Å². The number of hydrogen-bond acceptors (Lipinski definition) is 6. The molecule has 11 heteroatoms. The van der Waals surface area contributed by atoms with Gasteiger partial charge in [-0.1, -0.05) is 42.5 Å². The van der Waals surface area contributed by atoms with E-state index < -0.39 is 16.0 Å². The number of carbonyl (C=O) groups is 2. The Morgan fingerprint density at radius 1 is 0.932 bits per heavy atom. The summed E-state index contributed by atoms with van der Waals surface area (Å²) in [4.78, 5) is 31.4. The number of amides is 1. The first kappa shape index (κ1) is 29.1. The molecule has 1 fully saturated rings. The van der Waals surface area contributed by atoms with Gasteiger partial charge in [-0.25, -0.2) is 13.2 Å². The van der Waals surface area contributed by atoms with E-state index in [-0.39, 0.29) is 23.1 Å². The van der Waals surface area contributed by atoms with Gasteiger partial charge >= 0.3 is 5.97 Å². The number of aryl methyl sites for hydroxylation is 1. The predicted molar refractivity (Wildman–Crippen MR) is 168 cm³/mol. The maximum Gasteiger partial charge on any atom is 0.372 e. The van der Waals surface area contributed by atoms with Gasteiger partial charge in [0.1, 0.15) is 11.3 Å². The lowest BCUT2D eigenvalue weighted by Gasteiger charge is -2.38. The fourth-order valence-corrected chi connectivity index (χ4v) is 7.17. The summed E-state index contributed by atoms with van der Waals surface area (Å²) in [6.45, 7) is 3.84. The van der Waals surface area contributed by atoms with Crippen molar-refractivity contribution in [3.05, 3.63) is 114 Å². The molecule has 0 bridgehead atoms. The van der Waals surface area contributed by atoms with Crippen LogP contribution in [0.2, 0.25) is 0 Å². The van der Waals surface area contributed by atoms with Crippen molar-refractivity contribution in [2.45, 2.75) is 18.2 Å². The molecule has 1 aliphatic rings. The van der Waals surface area contributed by atoms with Gasteiger partial charge in [-0.2, -0.15) is 0 Å². The van der Waals surface area contributed by atoms with E-state index in [1.54, 1.807) is 36.2 Å². The molecule has 0 atom stereocenters. The summed E-state index contributed by atoms with van der Waals surface area (Å²) in [5.74, 6) is -1.49. The molecule has 0 unspecified atom stereocenters. The second kappa shape index (κ2) is 11.9. The highest BCUT2D eigenvalue weighted by Gasteiger charge is 2.31. The van der Waals surface area contributed by atoms with Crippen LogP contribution in [0, 0.1) is 6.92 Å². The zero-order valence-electron chi connectivity index (χ0n) is 24.1. The molecule has 1 saturated heterocycles. The van der Waals surface area contributed by atoms with Crippen molar-refractivity contribution in [1.82, 2.24) is 9.88 Å². The van der Waals surface area contributed by atoms with E-state index in [0.717, 1.165) is 11.3 Å². The summed E-state index contributed by atoms with van der Waals surface area (Å²) in [6.07, 6.45) is 2.20. The van der Waals surface area contributed by atoms with Crippen LogP contribution in [0.15, 0.2) is 100 Å². The van der Waals surface area contributed by atoms with Gasteiger partial charge in [0, 0.05) is 49.9 Å². The quantitative estimate of drug-likeness (QED) is 0.235. The van der Waals surface area contributed by atoms with Crippen LogP contribution in [0.4, 0.5) is 11.4 Å². The van der Waals surface area contributed by atoms with Crippen LogP contribution < -0.4 is 9.21 Å². The van der Waals surface area contributed by atoms with Crippen molar-refractivity contribution >= 4 is 44.2 Å². The van der Waals surface area contributed by atoms with Gasteiger partial charge in [0.25, 0.3) is 15.9 Å². The van der Waals surface area contributed by atoms with Gasteiger partial charge in [0.05, 0.1) is 16.3 Å². The number of H-pyrrole nitrogens is 1. The number of aromatic nitrogens is 1. The van der Waals surface area contributed by atoms with E-state index in [1.165, 1.54) is 22.5 Å². The molecule has 1 amide bonds. The van der Waals surface area contributed by atoms with Gasteiger partial charge in [0.2, 0.25) is 5.76 Å². The average Bonchev–Trinajstić information content (AvgIpc) is 3.70. The third kappa shape index (κ3) is 5.53. The minimum Gasteiger partial charge on any atom is -0.475 e. The van der Waals surface area contributed by atoms with Crippen molar-refractivity contribution in [2.75, 3.05) is 41.9 Å². The predicted octanol–water partition coefficient (Wildman–Crippen LogP) is 5.17. The van der Waals surface area contributed by atoms with Gasteiger partial charge < -0.3 is 24.3 Å². The number of nitrogens with zero attached hydrogens (tertiary/aromatic N) is 3. The molecule has 2 N–H and O–H groups in total. The monoisotopic (exact) mass is 612 g/mol. The Labute approximate surface area is 255 Å². The number of para-hydroxylation sites is 2. The topological polar surface area (TPSA) is 127 Å². The highest BCUT2D eigenvalue weighted by Crippen LogP contribution is 2.36. The number of hydrogen-bond donors (Lipinski definition) is 2. The summed E-state index contributed by atoms with van der Waals surface area (Å²) in [5.41, 5.74) is 3.49. The molecular formula is C33H32N4O6S. The first-order chi connectivity index (χ1) is 21.2. The van der Waals surface area contributed by atoms with E-state index >= 15 is 0 Å². The number of carboxylic acids is 1. The molecular weight excluding hydrogens is 580 g/mol. The van der Waals surface area contributed by atoms with E-state index in [0.29, 0.717) is 60.5 Å². The van der Waals surface area contributed by atoms with Crippen LogP contribution in [0.5, 0.6) is 0 Å². The fraction of sp³-hybridized carbons (Fsp3) is 0.212. The molecule has 3 aromatic carbocycles. The molecule has 5 aromatic rings. The summed E-state index contributed by atoms with van der Waals surface area (Å²) >= 11 is 0. The van der Waals surface area contributed by atoms with Crippen molar-refractivity contribution < 1.29 is 27.5 Å². The lowest BCUT2D eigenvalue weighted by molar-refractivity contribution is 0.0663. The number of benzene rings is 3. The van der Waals surface area contributed by atoms with Gasteiger partial charge in [-0.15, -0.1) is 0 Å². The van der Waals surface area contributed by atoms with Crippen LogP contribution in [-0.4, -0.2) is 68.0 Å². The van der Waals surface area contributed by atoms with E-state index in [2.05, 4.69) is 9.88 Å². The number of piperazine rings is 1. The Bertz CT molecular complexity index is 1910. The summed E-state index contributed by atoms with van der Waals surface area (Å²) in [6, 6.07) is 25.1. The average molecular weight is 613 g/mol. The third-order valence-corrected chi connectivity index (χ3v) is 9.83. The van der Waals surface area contributed by atoms with Gasteiger partial charge in [0.15, 0.2) is 0 Å². The van der Waals surface area contributed by atoms with Gasteiger partial charge in [-0.3, -0.25) is 9.10 Å². The highest BCUT2D eigenvalue weighted by molar-refractivity contribution is 7.92. The van der Waals surface area contributed by atoms with Crippen LogP contribution in [0.25, 0.3) is 11.0 Å². The number of sulfonamides is 1. The molecule has 10 nitrogen and oxygen atoms in total. The molecule has 6 rings (SSSR count). The standard InChI is InChI=1S/C33H32N4O6S/c1-23-26-22-25(13-14-30(26)43-31(23)33(39)40)44(41,42)37(17-15-24-8-3-2-4-9-24)29-12-6-5-11-28(29)35-18-20-36(21-19-35)32(38)27-10-7-16-34-27/h2-14,16,22,34H,15,17-21H2,1H3,(H,39,40). The normalized spacial score (nSPS) is 13.8. The minimum absolute atomic E-state index is 0.0371. The third-order valence-electron chi connectivity index (χ3n) is 8.02. The smallest absolute Gasteiger partial charge is 0.372 e. The zero-order chi connectivity index (χ0) is 30.8. The van der Waals surface area contributed by atoms with Gasteiger partial charge in [-0.05, 0) is 61.4 Å². The molecule has 2 aromatic heterocycles. The zero-order valence-corrected chi connectivity index (χ0v) is 25.0. The van der Waals surface area contributed by atoms with E-state index in [1.807, 2.05) is 48.5 Å². The van der Waals surface area contributed by atoms with Crippen molar-refractivity contribution in [3.8, 4) is 0 Å². The number of aromatic amines is 1. The Morgan fingerprint density at radius 3 is 2.36 bits per heavy atom. The maximum atomic E-state index is 14.5. The lowest BCUT2D eigenvalue weighted by atomic mass is 10.1. The SMILES string of the molecule is Cc1c(C(=O)O)oc2ccc(S(=O)(=O)N(CCc3ccccc3)c3ccccc3N3CCN(C(=O)c4ccc[nH]4)CC3)cc12. The van der Waals surface area contributed by atoms with Crippen molar-refractivity contribution in [2.24, 2.45) is 0 Å². The van der Waals surface area contributed by atoms with Crippen molar-refractivity contribution in [3.63, 3.8) is 0 Å². The number of rotatable bonds is 9. The lowest BCUT2D eigenvalue weighted by Crippen LogP contribution is -2.49. The summed E-state index contributed by atoms with van der Waals surface area (Å²) < 4.78 is 35.8. The Kier molecular flexibility index (Phi) is 7.88. The minimum atomic E-state index is -4.11. The highest BCUT2D eigenvalue weighted by atomic mass is 32.2. The Morgan fingerprint density at radius 2 is 1.66 bits per heavy atom. The molecule has 44 heavy (non-hydrogen) atoms. The van der Waals surface area contributed by atoms with Crippen LogP contribution in [0.3, 0.4) is 0 Å². The first-order valence-corrected chi connectivity index (χ1v) is 15.8. The van der Waals surface area contributed by atoms with E-state index in [9.17, 15) is 23.1 Å². The Hall–Kier alpha value is -5.03. The fourth-order valence-electron chi connectivity index (χ4n) is 5.66. The molecule has 1 aliphatic heterocycles. The number of furan rings is 1. The molecule has 3 heterocycles. The molecule has 0 aliphatic carbocycles. The number of carboxylic acid groups (broad SMARTS) is 1. The van der Waals surface area contributed by atoms with Crippen LogP contribution in [0.1, 0.15) is 32.2 Å². The number of carbonyl (C=O) groups excluding carboxylic acids is 1. The first-order valence-electron chi connectivity index (χ1n) is 14.3. The molecule has 226 valence electrons. The second-order valence-corrected chi connectivity index (χ2v) is 12.5. The van der Waals surface area contributed by atoms with Crippen molar-refractivity contribution in [1.29, 1.82) is 0 Å². The maximum absolute atomic E-state index is 14.5. The van der Waals surface area contributed by atoms with Crippen LogP contribution >= 0.6 is 0 Å². The Balaban J connectivity index is 1.35. The molecule has 0 saturated carbocycles. The van der Waals surface area contributed by atoms with Crippen LogP contribution in [-0.2, 0) is 16.4 Å². The largest absolute Gasteiger partial charge is 0.475 e. The number of anilines is 2. The summed E-state index contributed by atoms with van der Waals surface area (Å²) in [7, 11) is -4.11. The molecule has 0 spiro atoms. The number of nitrogens with one attached hydrogen (secondary N) is 1. The number of aromatic carboxylic acids is 1. The summed E-state index contributed by atoms with van der Waals surface area (Å²) in [5, 5.41) is 9.94.